The van der Waals surface area contributed by atoms with E-state index in [2.05, 4.69) is 13.5 Å². The fourth-order valence-electron chi connectivity index (χ4n) is 5.05. The van der Waals surface area contributed by atoms with Crippen LogP contribution in [0.5, 0.6) is 0 Å². The number of hydrogen-bond acceptors (Lipinski definition) is 1. The van der Waals surface area contributed by atoms with E-state index in [0.717, 1.165) is 30.6 Å². The largest absolute Gasteiger partial charge is 0.481 e. The highest BCUT2D eigenvalue weighted by molar-refractivity contribution is 5.70. The number of rotatable bonds is 7. The molecule has 2 nitrogen and oxygen atoms in total. The van der Waals surface area contributed by atoms with Crippen LogP contribution >= 0.6 is 0 Å². The molecule has 1 atom stereocenters. The summed E-state index contributed by atoms with van der Waals surface area (Å²) >= 11 is 0. The first-order valence-corrected chi connectivity index (χ1v) is 9.49. The van der Waals surface area contributed by atoms with Crippen molar-refractivity contribution in [1.29, 1.82) is 0 Å². The minimum atomic E-state index is -0.622. The first-order valence-electron chi connectivity index (χ1n) is 9.49. The lowest BCUT2D eigenvalue weighted by atomic mass is 9.67. The zero-order chi connectivity index (χ0) is 15.9. The summed E-state index contributed by atoms with van der Waals surface area (Å²) in [5, 5.41) is 9.40. The predicted molar refractivity (Wildman–Crippen MR) is 91.7 cm³/mol. The van der Waals surface area contributed by atoms with Crippen LogP contribution < -0.4 is 0 Å². The van der Waals surface area contributed by atoms with E-state index in [0.29, 0.717) is 12.3 Å². The molecule has 2 saturated carbocycles. The van der Waals surface area contributed by atoms with E-state index in [4.69, 9.17) is 0 Å². The second-order valence-electron chi connectivity index (χ2n) is 7.71. The van der Waals surface area contributed by atoms with Crippen molar-refractivity contribution in [3.63, 3.8) is 0 Å². The smallest absolute Gasteiger partial charge is 0.307 e. The third-order valence-electron chi connectivity index (χ3n) is 6.38. The van der Waals surface area contributed by atoms with E-state index >= 15 is 0 Å². The Bertz CT molecular complexity index is 347. The molecular weight excluding hydrogens is 272 g/mol. The van der Waals surface area contributed by atoms with Crippen molar-refractivity contribution in [2.75, 3.05) is 0 Å². The number of carboxylic acids is 1. The quantitative estimate of drug-likeness (QED) is 0.615. The van der Waals surface area contributed by atoms with Gasteiger partial charge in [-0.15, -0.1) is 6.58 Å². The Morgan fingerprint density at radius 2 is 1.64 bits per heavy atom. The highest BCUT2D eigenvalue weighted by Gasteiger charge is 2.34. The lowest BCUT2D eigenvalue weighted by Crippen LogP contribution is -2.30. The molecule has 2 heteroatoms. The molecule has 0 aromatic carbocycles. The van der Waals surface area contributed by atoms with Crippen LogP contribution in [-0.2, 0) is 4.79 Å². The molecule has 1 N–H and O–H groups in total. The normalized spacial score (nSPS) is 34.0. The summed E-state index contributed by atoms with van der Waals surface area (Å²) in [6.45, 7) is 6.03. The topological polar surface area (TPSA) is 37.3 Å². The molecule has 0 aromatic rings. The standard InChI is InChI=1S/C20H34O2/c1-3-5-15-7-9-16(10-8-15)17-11-13-18(14-12-17)19(6-4-2)20(21)22/h4,15-19H,2-3,5-14H2,1H3,(H,21,22)/t15-,16-,17?,18?,19?. The minimum absolute atomic E-state index is 0.196. The molecule has 2 rings (SSSR count). The van der Waals surface area contributed by atoms with Crippen molar-refractivity contribution in [3.8, 4) is 0 Å². The van der Waals surface area contributed by atoms with Gasteiger partial charge in [0.1, 0.15) is 0 Å². The predicted octanol–water partition coefficient (Wildman–Crippen LogP) is 5.68. The van der Waals surface area contributed by atoms with Crippen molar-refractivity contribution < 1.29 is 9.90 Å². The Labute approximate surface area is 136 Å². The number of allylic oxidation sites excluding steroid dienone is 1. The van der Waals surface area contributed by atoms with E-state index in [1.807, 2.05) is 0 Å². The third kappa shape index (κ3) is 4.60. The third-order valence-corrected chi connectivity index (χ3v) is 6.38. The molecule has 126 valence electrons. The maximum Gasteiger partial charge on any atom is 0.307 e. The van der Waals surface area contributed by atoms with Crippen molar-refractivity contribution >= 4 is 5.97 Å². The summed E-state index contributed by atoms with van der Waals surface area (Å²) in [5.41, 5.74) is 0. The Hall–Kier alpha value is -0.790. The monoisotopic (exact) mass is 306 g/mol. The maximum absolute atomic E-state index is 11.4. The molecule has 22 heavy (non-hydrogen) atoms. The number of carbonyl (C=O) groups is 1. The molecular formula is C20H34O2. The van der Waals surface area contributed by atoms with Gasteiger partial charge in [-0.25, -0.2) is 0 Å². The van der Waals surface area contributed by atoms with Gasteiger partial charge in [0.2, 0.25) is 0 Å². The first kappa shape index (κ1) is 17.6. The number of carboxylic acid groups (broad SMARTS) is 1. The minimum Gasteiger partial charge on any atom is -0.481 e. The van der Waals surface area contributed by atoms with E-state index < -0.39 is 5.97 Å². The van der Waals surface area contributed by atoms with Gasteiger partial charge >= 0.3 is 5.97 Å². The molecule has 2 aliphatic rings. The second-order valence-corrected chi connectivity index (χ2v) is 7.71. The van der Waals surface area contributed by atoms with Gasteiger partial charge in [0.15, 0.2) is 0 Å². The van der Waals surface area contributed by atoms with Crippen LogP contribution in [0.25, 0.3) is 0 Å². The van der Waals surface area contributed by atoms with Crippen molar-refractivity contribution in [2.45, 2.75) is 77.6 Å². The Morgan fingerprint density at radius 3 is 2.09 bits per heavy atom. The summed E-state index contributed by atoms with van der Waals surface area (Å²) in [6, 6.07) is 0. The van der Waals surface area contributed by atoms with Gasteiger partial charge in [0, 0.05) is 0 Å². The number of aliphatic carboxylic acids is 1. The van der Waals surface area contributed by atoms with E-state index in [1.165, 1.54) is 51.4 Å². The maximum atomic E-state index is 11.4. The van der Waals surface area contributed by atoms with Gasteiger partial charge in [-0.2, -0.15) is 0 Å². The molecule has 0 radical (unpaired) electrons. The van der Waals surface area contributed by atoms with Gasteiger partial charge < -0.3 is 5.11 Å². The molecule has 0 saturated heterocycles. The van der Waals surface area contributed by atoms with Crippen LogP contribution in [0.2, 0.25) is 0 Å². The zero-order valence-electron chi connectivity index (χ0n) is 14.3. The Morgan fingerprint density at radius 1 is 1.09 bits per heavy atom. The van der Waals surface area contributed by atoms with Crippen LogP contribution in [0.3, 0.4) is 0 Å². The van der Waals surface area contributed by atoms with Gasteiger partial charge in [-0.3, -0.25) is 4.79 Å². The molecule has 0 heterocycles. The average molecular weight is 306 g/mol. The lowest BCUT2D eigenvalue weighted by molar-refractivity contribution is -0.144. The molecule has 0 spiro atoms. The summed E-state index contributed by atoms with van der Waals surface area (Å²) in [5.74, 6) is 2.35. The summed E-state index contributed by atoms with van der Waals surface area (Å²) in [7, 11) is 0. The second kappa shape index (κ2) is 8.74. The Kier molecular flexibility index (Phi) is 6.98. The highest BCUT2D eigenvalue weighted by Crippen LogP contribution is 2.44. The van der Waals surface area contributed by atoms with E-state index in [9.17, 15) is 9.90 Å². The molecule has 2 aliphatic carbocycles. The summed E-state index contributed by atoms with van der Waals surface area (Å²) in [4.78, 5) is 11.4. The summed E-state index contributed by atoms with van der Waals surface area (Å²) in [6.07, 6.45) is 15.6. The lowest BCUT2D eigenvalue weighted by Gasteiger charge is -2.39. The van der Waals surface area contributed by atoms with Gasteiger partial charge in [0.05, 0.1) is 5.92 Å². The first-order chi connectivity index (χ1) is 10.7. The summed E-state index contributed by atoms with van der Waals surface area (Å²) < 4.78 is 0. The van der Waals surface area contributed by atoms with E-state index in [1.54, 1.807) is 6.08 Å². The number of hydrogen-bond donors (Lipinski definition) is 1. The average Bonchev–Trinajstić information content (AvgIpc) is 2.54. The van der Waals surface area contributed by atoms with Crippen LogP contribution in [-0.4, -0.2) is 11.1 Å². The molecule has 0 aromatic heterocycles. The van der Waals surface area contributed by atoms with Crippen LogP contribution in [0.1, 0.15) is 77.6 Å². The molecule has 0 amide bonds. The Balaban J connectivity index is 1.77. The van der Waals surface area contributed by atoms with Crippen molar-refractivity contribution in [1.82, 2.24) is 0 Å². The SMILES string of the molecule is C=CCC(C(=O)O)C1CCC([C@H]2CC[C@H](CCC)CC2)CC1. The van der Waals surface area contributed by atoms with E-state index in [-0.39, 0.29) is 5.92 Å². The van der Waals surface area contributed by atoms with Crippen molar-refractivity contribution in [3.05, 3.63) is 12.7 Å². The van der Waals surface area contributed by atoms with Crippen molar-refractivity contribution in [2.24, 2.45) is 29.6 Å². The van der Waals surface area contributed by atoms with Crippen LogP contribution in [0.15, 0.2) is 12.7 Å². The molecule has 0 aliphatic heterocycles. The highest BCUT2D eigenvalue weighted by atomic mass is 16.4. The zero-order valence-corrected chi connectivity index (χ0v) is 14.3. The van der Waals surface area contributed by atoms with Gasteiger partial charge in [0.25, 0.3) is 0 Å². The molecule has 1 unspecified atom stereocenters. The van der Waals surface area contributed by atoms with Gasteiger partial charge in [-0.1, -0.05) is 38.7 Å². The van der Waals surface area contributed by atoms with Gasteiger partial charge in [-0.05, 0) is 68.6 Å². The van der Waals surface area contributed by atoms with Crippen LogP contribution in [0, 0.1) is 29.6 Å². The molecule has 2 fully saturated rings. The fourth-order valence-corrected chi connectivity index (χ4v) is 5.05. The molecule has 0 bridgehead atoms. The van der Waals surface area contributed by atoms with Crippen LogP contribution in [0.4, 0.5) is 0 Å². The fraction of sp³-hybridized carbons (Fsp3) is 0.850.